The second-order valence-corrected chi connectivity index (χ2v) is 10.0. The van der Waals surface area contributed by atoms with E-state index in [1.807, 2.05) is 33.8 Å². The first-order valence-electron chi connectivity index (χ1n) is 12.1. The van der Waals surface area contributed by atoms with Crippen molar-refractivity contribution in [2.45, 2.75) is 45.4 Å². The van der Waals surface area contributed by atoms with E-state index >= 15 is 0 Å². The first-order chi connectivity index (χ1) is 18.1. The molecule has 202 valence electrons. The van der Waals surface area contributed by atoms with Gasteiger partial charge in [0.05, 0.1) is 25.7 Å². The molecule has 0 aliphatic rings. The lowest BCUT2D eigenvalue weighted by Gasteiger charge is -2.34. The SMILES string of the molecule is COc1ccc(NC(=O)C(C(C)C)N(Cc2ccccc2F)C(=O)CSc2nc(C)cc(C)n2)c(OC)c1. The van der Waals surface area contributed by atoms with Crippen molar-refractivity contribution in [3.05, 3.63) is 71.3 Å². The fourth-order valence-electron chi connectivity index (χ4n) is 4.03. The second-order valence-electron chi connectivity index (χ2n) is 9.08. The number of hydrogen-bond donors (Lipinski definition) is 1. The highest BCUT2D eigenvalue weighted by Gasteiger charge is 2.33. The molecule has 0 aliphatic heterocycles. The van der Waals surface area contributed by atoms with Crippen LogP contribution in [0.2, 0.25) is 0 Å². The molecule has 1 unspecified atom stereocenters. The Labute approximate surface area is 227 Å². The number of benzene rings is 2. The Bertz CT molecular complexity index is 1270. The zero-order valence-corrected chi connectivity index (χ0v) is 23.3. The van der Waals surface area contributed by atoms with Crippen LogP contribution in [0.4, 0.5) is 10.1 Å². The molecule has 0 saturated heterocycles. The number of anilines is 1. The summed E-state index contributed by atoms with van der Waals surface area (Å²) in [5, 5.41) is 3.35. The lowest BCUT2D eigenvalue weighted by atomic mass is 10.00. The maximum absolute atomic E-state index is 14.6. The van der Waals surface area contributed by atoms with Crippen LogP contribution < -0.4 is 14.8 Å². The fourth-order valence-corrected chi connectivity index (χ4v) is 4.87. The molecule has 38 heavy (non-hydrogen) atoms. The molecule has 1 atom stereocenters. The number of ether oxygens (including phenoxy) is 2. The van der Waals surface area contributed by atoms with Gasteiger partial charge in [-0.2, -0.15) is 0 Å². The Morgan fingerprint density at radius 3 is 2.32 bits per heavy atom. The maximum Gasteiger partial charge on any atom is 0.247 e. The number of hydrogen-bond acceptors (Lipinski definition) is 7. The molecule has 1 aromatic heterocycles. The largest absolute Gasteiger partial charge is 0.497 e. The van der Waals surface area contributed by atoms with E-state index in [0.717, 1.165) is 11.4 Å². The van der Waals surface area contributed by atoms with Crippen LogP contribution in [0.1, 0.15) is 30.8 Å². The van der Waals surface area contributed by atoms with E-state index in [2.05, 4.69) is 15.3 Å². The highest BCUT2D eigenvalue weighted by Crippen LogP contribution is 2.30. The molecular formula is C28H33FN4O4S. The topological polar surface area (TPSA) is 93.7 Å². The summed E-state index contributed by atoms with van der Waals surface area (Å²) in [6.07, 6.45) is 0. The number of halogens is 1. The number of amides is 2. The molecule has 0 saturated carbocycles. The summed E-state index contributed by atoms with van der Waals surface area (Å²) < 4.78 is 25.3. The number of nitrogens with one attached hydrogen (secondary N) is 1. The molecule has 1 N–H and O–H groups in total. The third-order valence-corrected chi connectivity index (χ3v) is 6.64. The average molecular weight is 541 g/mol. The van der Waals surface area contributed by atoms with Gasteiger partial charge in [0, 0.05) is 29.6 Å². The molecule has 0 fully saturated rings. The van der Waals surface area contributed by atoms with Gasteiger partial charge in [0.2, 0.25) is 11.8 Å². The third kappa shape index (κ3) is 7.44. The Hall–Kier alpha value is -3.66. The van der Waals surface area contributed by atoms with Crippen LogP contribution in [0.5, 0.6) is 11.5 Å². The van der Waals surface area contributed by atoms with E-state index in [1.165, 1.54) is 36.9 Å². The van der Waals surface area contributed by atoms with Gasteiger partial charge in [-0.15, -0.1) is 0 Å². The van der Waals surface area contributed by atoms with E-state index < -0.39 is 17.8 Å². The maximum atomic E-state index is 14.6. The van der Waals surface area contributed by atoms with Crippen molar-refractivity contribution in [3.8, 4) is 11.5 Å². The first-order valence-corrected chi connectivity index (χ1v) is 13.1. The van der Waals surface area contributed by atoms with Gasteiger partial charge in [-0.05, 0) is 44.0 Å². The number of carbonyl (C=O) groups excluding carboxylic acids is 2. The van der Waals surface area contributed by atoms with Gasteiger partial charge in [-0.3, -0.25) is 9.59 Å². The summed E-state index contributed by atoms with van der Waals surface area (Å²) in [7, 11) is 3.03. The predicted molar refractivity (Wildman–Crippen MR) is 146 cm³/mol. The first kappa shape index (κ1) is 28.9. The number of rotatable bonds is 11. The van der Waals surface area contributed by atoms with Gasteiger partial charge in [-0.25, -0.2) is 14.4 Å². The molecule has 0 aliphatic carbocycles. The summed E-state index contributed by atoms with van der Waals surface area (Å²) in [6, 6.07) is 12.2. The average Bonchev–Trinajstić information content (AvgIpc) is 2.87. The quantitative estimate of drug-likeness (QED) is 0.269. The van der Waals surface area contributed by atoms with Crippen molar-refractivity contribution in [3.63, 3.8) is 0 Å². The van der Waals surface area contributed by atoms with Crippen LogP contribution in [0, 0.1) is 25.6 Å². The van der Waals surface area contributed by atoms with Gasteiger partial charge >= 0.3 is 0 Å². The van der Waals surface area contributed by atoms with Crippen LogP contribution in [0.3, 0.4) is 0 Å². The van der Waals surface area contributed by atoms with Crippen LogP contribution in [0.25, 0.3) is 0 Å². The summed E-state index contributed by atoms with van der Waals surface area (Å²) in [4.78, 5) is 37.5. The number of methoxy groups -OCH3 is 2. The summed E-state index contributed by atoms with van der Waals surface area (Å²) in [5.74, 6) is -0.512. The standard InChI is InChI=1S/C28H33FN4O4S/c1-17(2)26(27(35)32-23-12-11-21(36-5)14-24(23)37-6)33(15-20-9-7-8-10-22(20)29)25(34)16-38-28-30-18(3)13-19(4)31-28/h7-14,17,26H,15-16H2,1-6H3,(H,32,35). The number of aromatic nitrogens is 2. The van der Waals surface area contributed by atoms with Gasteiger partial charge in [-0.1, -0.05) is 43.8 Å². The van der Waals surface area contributed by atoms with Crippen molar-refractivity contribution in [2.24, 2.45) is 5.92 Å². The normalized spacial score (nSPS) is 11.7. The molecule has 2 aromatic carbocycles. The number of nitrogens with zero attached hydrogens (tertiary/aromatic N) is 3. The van der Waals surface area contributed by atoms with Crippen molar-refractivity contribution < 1.29 is 23.5 Å². The zero-order valence-electron chi connectivity index (χ0n) is 22.4. The highest BCUT2D eigenvalue weighted by molar-refractivity contribution is 7.99. The Morgan fingerprint density at radius 2 is 1.71 bits per heavy atom. The number of thioether (sulfide) groups is 1. The lowest BCUT2D eigenvalue weighted by Crippen LogP contribution is -2.50. The van der Waals surface area contributed by atoms with Gasteiger partial charge < -0.3 is 19.7 Å². The van der Waals surface area contributed by atoms with E-state index in [-0.39, 0.29) is 24.1 Å². The molecule has 0 radical (unpaired) electrons. The molecule has 0 spiro atoms. The van der Waals surface area contributed by atoms with E-state index in [9.17, 15) is 14.0 Å². The Morgan fingerprint density at radius 1 is 1.03 bits per heavy atom. The van der Waals surface area contributed by atoms with E-state index in [0.29, 0.717) is 27.9 Å². The Balaban J connectivity index is 1.91. The predicted octanol–water partition coefficient (Wildman–Crippen LogP) is 5.03. The third-order valence-electron chi connectivity index (χ3n) is 5.81. The molecule has 10 heteroatoms. The molecular weight excluding hydrogens is 507 g/mol. The summed E-state index contributed by atoms with van der Waals surface area (Å²) >= 11 is 1.18. The fraction of sp³-hybridized carbons (Fsp3) is 0.357. The van der Waals surface area contributed by atoms with Gasteiger partial charge in [0.1, 0.15) is 23.4 Å². The lowest BCUT2D eigenvalue weighted by molar-refractivity contribution is -0.138. The number of carbonyl (C=O) groups is 2. The van der Waals surface area contributed by atoms with Gasteiger partial charge in [0.15, 0.2) is 5.16 Å². The van der Waals surface area contributed by atoms with Crippen LogP contribution in [-0.2, 0) is 16.1 Å². The minimum atomic E-state index is -0.894. The van der Waals surface area contributed by atoms with Crippen molar-refractivity contribution in [1.82, 2.24) is 14.9 Å². The van der Waals surface area contributed by atoms with Gasteiger partial charge in [0.25, 0.3) is 0 Å². The molecule has 2 amide bonds. The molecule has 3 rings (SSSR count). The molecule has 0 bridgehead atoms. The molecule has 1 heterocycles. The minimum Gasteiger partial charge on any atom is -0.497 e. The smallest absolute Gasteiger partial charge is 0.247 e. The molecule has 8 nitrogen and oxygen atoms in total. The van der Waals surface area contributed by atoms with Crippen molar-refractivity contribution in [2.75, 3.05) is 25.3 Å². The van der Waals surface area contributed by atoms with Crippen molar-refractivity contribution >= 4 is 29.3 Å². The van der Waals surface area contributed by atoms with Crippen molar-refractivity contribution in [1.29, 1.82) is 0 Å². The second kappa shape index (κ2) is 13.2. The summed E-state index contributed by atoms with van der Waals surface area (Å²) in [6.45, 7) is 7.33. The van der Waals surface area contributed by atoms with Crippen LogP contribution in [-0.4, -0.2) is 52.7 Å². The van der Waals surface area contributed by atoms with Crippen LogP contribution >= 0.6 is 11.8 Å². The number of aryl methyl sites for hydroxylation is 2. The van der Waals surface area contributed by atoms with E-state index in [1.54, 1.807) is 36.4 Å². The van der Waals surface area contributed by atoms with Crippen LogP contribution in [0.15, 0.2) is 53.7 Å². The minimum absolute atomic E-state index is 0.0142. The molecule has 3 aromatic rings. The zero-order chi connectivity index (χ0) is 27.8. The monoisotopic (exact) mass is 540 g/mol. The summed E-state index contributed by atoms with van der Waals surface area (Å²) in [5.41, 5.74) is 2.33. The highest BCUT2D eigenvalue weighted by atomic mass is 32.2. The Kier molecular flexibility index (Phi) is 10.1. The van der Waals surface area contributed by atoms with E-state index in [4.69, 9.17) is 9.47 Å².